The van der Waals surface area contributed by atoms with Gasteiger partial charge in [-0.2, -0.15) is 0 Å². The van der Waals surface area contributed by atoms with E-state index in [1.165, 1.54) is 65.7 Å². The summed E-state index contributed by atoms with van der Waals surface area (Å²) >= 11 is 0. The summed E-state index contributed by atoms with van der Waals surface area (Å²) in [6, 6.07) is 59.1. The molecule has 10 aromatic rings. The molecule has 3 nitrogen and oxygen atoms in total. The van der Waals surface area contributed by atoms with Gasteiger partial charge >= 0.3 is 0 Å². The van der Waals surface area contributed by atoms with Crippen LogP contribution in [0.25, 0.3) is 99.9 Å². The van der Waals surface area contributed by atoms with Crippen LogP contribution < -0.4 is 0 Å². The van der Waals surface area contributed by atoms with Gasteiger partial charge in [-0.15, -0.1) is 0 Å². The Morgan fingerprint density at radius 2 is 1.20 bits per heavy atom. The second kappa shape index (κ2) is 12.8. The third-order valence-corrected chi connectivity index (χ3v) is 11.3. The number of rotatable bonds is 5. The first-order valence-corrected chi connectivity index (χ1v) is 19.0. The van der Waals surface area contributed by atoms with Gasteiger partial charge in [0.15, 0.2) is 0 Å². The van der Waals surface area contributed by atoms with Crippen molar-refractivity contribution in [3.8, 4) is 50.5 Å². The number of fused-ring (bicyclic) bond motifs is 7. The third-order valence-electron chi connectivity index (χ3n) is 11.3. The fraction of sp³-hybridized carbons (Fsp3) is 0.0385. The van der Waals surface area contributed by atoms with E-state index in [1.807, 2.05) is 12.4 Å². The molecule has 258 valence electrons. The highest BCUT2D eigenvalue weighted by Crippen LogP contribution is 2.44. The Morgan fingerprint density at radius 1 is 0.491 bits per heavy atom. The summed E-state index contributed by atoms with van der Waals surface area (Å²) < 4.78 is 2.28. The fourth-order valence-corrected chi connectivity index (χ4v) is 8.80. The number of nitrogens with zero attached hydrogens (tertiary/aromatic N) is 3. The lowest BCUT2D eigenvalue weighted by Gasteiger charge is -2.22. The standard InChI is InChI=1S/C52H35N3/c1-2-14-36(15-3-1)52-54-49-23-10-11-24-50(49)55(52)40-27-25-35(26-28-40)47-30-37-31-48(44-19-7-9-21-46(44)51(37)45-20-8-6-18-43(45)47)39-29-38(32-53-33-39)42-22-12-16-34-13-4-5-17-41(34)42/h1-8,10-20,22-33H,9,21H2. The van der Waals surface area contributed by atoms with E-state index in [0.29, 0.717) is 0 Å². The van der Waals surface area contributed by atoms with E-state index in [2.05, 4.69) is 181 Å². The molecule has 0 aliphatic heterocycles. The normalized spacial score (nSPS) is 12.5. The molecule has 0 unspecified atom stereocenters. The van der Waals surface area contributed by atoms with E-state index in [9.17, 15) is 0 Å². The number of aryl methyl sites for hydroxylation is 1. The predicted octanol–water partition coefficient (Wildman–Crippen LogP) is 13.5. The number of hydrogen-bond donors (Lipinski definition) is 0. The first-order chi connectivity index (χ1) is 27.3. The Hall–Kier alpha value is -7.10. The summed E-state index contributed by atoms with van der Waals surface area (Å²) in [7, 11) is 0. The summed E-state index contributed by atoms with van der Waals surface area (Å²) in [5.74, 6) is 0.941. The molecule has 0 bridgehead atoms. The van der Waals surface area contributed by atoms with Crippen molar-refractivity contribution in [1.29, 1.82) is 0 Å². The second-order valence-electron chi connectivity index (χ2n) is 14.5. The predicted molar refractivity (Wildman–Crippen MR) is 230 cm³/mol. The van der Waals surface area contributed by atoms with Crippen LogP contribution in [-0.2, 0) is 6.42 Å². The number of para-hydroxylation sites is 2. The Labute approximate surface area is 319 Å². The van der Waals surface area contributed by atoms with Crippen LogP contribution in [0.3, 0.4) is 0 Å². The van der Waals surface area contributed by atoms with Gasteiger partial charge in [-0.1, -0.05) is 133 Å². The lowest BCUT2D eigenvalue weighted by atomic mass is 9.82. The minimum atomic E-state index is 0.941. The average Bonchev–Trinajstić information content (AvgIpc) is 3.66. The molecule has 0 spiro atoms. The first kappa shape index (κ1) is 31.4. The number of aromatic nitrogens is 3. The monoisotopic (exact) mass is 701 g/mol. The van der Waals surface area contributed by atoms with E-state index in [0.717, 1.165) is 52.1 Å². The molecule has 0 fully saturated rings. The van der Waals surface area contributed by atoms with Crippen LogP contribution in [0.2, 0.25) is 0 Å². The SMILES string of the molecule is C1=Cc2c(-c3cncc(-c4cccc5ccccc45)c3)cc3cc(-c4ccc(-n5c(-c6ccccc6)nc6ccccc65)cc4)c4ccccc4c3c2CC1. The molecule has 2 heterocycles. The lowest BCUT2D eigenvalue weighted by molar-refractivity contribution is 0.999. The lowest BCUT2D eigenvalue weighted by Crippen LogP contribution is -2.00. The number of benzene rings is 8. The van der Waals surface area contributed by atoms with Gasteiger partial charge in [0.05, 0.1) is 11.0 Å². The van der Waals surface area contributed by atoms with Gasteiger partial charge in [0.2, 0.25) is 0 Å². The molecule has 0 radical (unpaired) electrons. The molecule has 0 saturated carbocycles. The summed E-state index contributed by atoms with van der Waals surface area (Å²) in [5, 5.41) is 7.65. The van der Waals surface area contributed by atoms with Crippen LogP contribution in [0.15, 0.2) is 182 Å². The van der Waals surface area contributed by atoms with Crippen LogP contribution >= 0.6 is 0 Å². The maximum absolute atomic E-state index is 5.07. The highest BCUT2D eigenvalue weighted by molar-refractivity contribution is 6.17. The quantitative estimate of drug-likeness (QED) is 0.167. The molecule has 2 aromatic heterocycles. The van der Waals surface area contributed by atoms with Gasteiger partial charge in [-0.3, -0.25) is 9.55 Å². The second-order valence-corrected chi connectivity index (χ2v) is 14.5. The topological polar surface area (TPSA) is 30.7 Å². The van der Waals surface area contributed by atoms with Crippen molar-refractivity contribution < 1.29 is 0 Å². The Bertz CT molecular complexity index is 3130. The van der Waals surface area contributed by atoms with Crippen molar-refractivity contribution in [3.05, 3.63) is 193 Å². The van der Waals surface area contributed by atoms with E-state index in [4.69, 9.17) is 9.97 Å². The smallest absolute Gasteiger partial charge is 0.145 e. The first-order valence-electron chi connectivity index (χ1n) is 19.0. The fourth-order valence-electron chi connectivity index (χ4n) is 8.80. The molecule has 0 N–H and O–H groups in total. The Morgan fingerprint density at radius 3 is 2.07 bits per heavy atom. The molecule has 1 aliphatic rings. The molecule has 0 saturated heterocycles. The molecule has 0 atom stereocenters. The van der Waals surface area contributed by atoms with Crippen LogP contribution in [-0.4, -0.2) is 14.5 Å². The minimum Gasteiger partial charge on any atom is -0.292 e. The molecule has 55 heavy (non-hydrogen) atoms. The van der Waals surface area contributed by atoms with E-state index < -0.39 is 0 Å². The molecular weight excluding hydrogens is 667 g/mol. The summed E-state index contributed by atoms with van der Waals surface area (Å²) in [4.78, 5) is 9.90. The van der Waals surface area contributed by atoms with Gasteiger partial charge in [-0.25, -0.2) is 4.98 Å². The van der Waals surface area contributed by atoms with E-state index in [1.54, 1.807) is 0 Å². The van der Waals surface area contributed by atoms with Crippen molar-refractivity contribution in [3.63, 3.8) is 0 Å². The minimum absolute atomic E-state index is 0.941. The molecule has 0 amide bonds. The number of imidazole rings is 1. The summed E-state index contributed by atoms with van der Waals surface area (Å²) in [6.45, 7) is 0. The van der Waals surface area contributed by atoms with E-state index in [-0.39, 0.29) is 0 Å². The molecule has 1 aliphatic carbocycles. The number of hydrogen-bond acceptors (Lipinski definition) is 2. The molecular formula is C52H35N3. The van der Waals surface area contributed by atoms with Crippen LogP contribution in [0.1, 0.15) is 17.5 Å². The van der Waals surface area contributed by atoms with Crippen molar-refractivity contribution >= 4 is 49.4 Å². The number of allylic oxidation sites excluding steroid dienone is 1. The highest BCUT2D eigenvalue weighted by atomic mass is 15.1. The highest BCUT2D eigenvalue weighted by Gasteiger charge is 2.20. The number of pyridine rings is 1. The van der Waals surface area contributed by atoms with Crippen molar-refractivity contribution in [2.45, 2.75) is 12.8 Å². The van der Waals surface area contributed by atoms with Gasteiger partial charge in [0, 0.05) is 34.8 Å². The molecule has 8 aromatic carbocycles. The maximum Gasteiger partial charge on any atom is 0.145 e. The van der Waals surface area contributed by atoms with Crippen LogP contribution in [0.4, 0.5) is 0 Å². The van der Waals surface area contributed by atoms with Gasteiger partial charge in [0.1, 0.15) is 5.82 Å². The van der Waals surface area contributed by atoms with Gasteiger partial charge in [0.25, 0.3) is 0 Å². The van der Waals surface area contributed by atoms with Crippen molar-refractivity contribution in [1.82, 2.24) is 14.5 Å². The van der Waals surface area contributed by atoms with Crippen molar-refractivity contribution in [2.24, 2.45) is 0 Å². The van der Waals surface area contributed by atoms with Crippen LogP contribution in [0, 0.1) is 0 Å². The summed E-state index contributed by atoms with van der Waals surface area (Å²) in [6.07, 6.45) is 10.7. The Balaban J connectivity index is 1.08. The zero-order chi connectivity index (χ0) is 36.3. The Kier molecular flexibility index (Phi) is 7.31. The molecule has 3 heteroatoms. The van der Waals surface area contributed by atoms with Gasteiger partial charge in [-0.05, 0) is 121 Å². The van der Waals surface area contributed by atoms with E-state index >= 15 is 0 Å². The largest absolute Gasteiger partial charge is 0.292 e. The third kappa shape index (κ3) is 5.20. The van der Waals surface area contributed by atoms with Gasteiger partial charge < -0.3 is 0 Å². The molecule has 11 rings (SSSR count). The zero-order valence-electron chi connectivity index (χ0n) is 30.2. The summed E-state index contributed by atoms with van der Waals surface area (Å²) in [5.41, 5.74) is 14.1. The average molecular weight is 702 g/mol. The zero-order valence-corrected chi connectivity index (χ0v) is 30.2. The van der Waals surface area contributed by atoms with Crippen LogP contribution in [0.5, 0.6) is 0 Å². The van der Waals surface area contributed by atoms with Crippen molar-refractivity contribution in [2.75, 3.05) is 0 Å². The maximum atomic E-state index is 5.07.